The maximum atomic E-state index is 13.0. The molecule has 1 heterocycles. The Morgan fingerprint density at radius 2 is 1.85 bits per heavy atom. The Morgan fingerprint density at radius 3 is 2.45 bits per heavy atom. The van der Waals surface area contributed by atoms with Gasteiger partial charge in [0.05, 0.1) is 20.5 Å². The molecule has 0 saturated carbocycles. The minimum absolute atomic E-state index is 0.0514. The number of carbonyl (C=O) groups is 1. The minimum atomic E-state index is -4.73. The Labute approximate surface area is 193 Å². The van der Waals surface area contributed by atoms with Gasteiger partial charge in [-0.1, -0.05) is 23.2 Å². The van der Waals surface area contributed by atoms with Crippen LogP contribution in [0, 0.1) is 21.4 Å². The maximum Gasteiger partial charge on any atom is 0.417 e. The lowest BCUT2D eigenvalue weighted by Crippen LogP contribution is -2.14. The average molecular weight is 496 g/mol. The number of anilines is 1. The van der Waals surface area contributed by atoms with Crippen LogP contribution in [-0.4, -0.2) is 10.8 Å². The number of halogens is 5. The van der Waals surface area contributed by atoms with E-state index in [1.165, 1.54) is 24.3 Å². The summed E-state index contributed by atoms with van der Waals surface area (Å²) in [6, 6.07) is 11.1. The lowest BCUT2D eigenvalue weighted by atomic mass is 10.1. The van der Waals surface area contributed by atoms with Gasteiger partial charge in [0, 0.05) is 29.5 Å². The molecule has 0 radical (unpaired) electrons. The van der Waals surface area contributed by atoms with Crippen molar-refractivity contribution in [2.24, 2.45) is 0 Å². The molecule has 12 heteroatoms. The van der Waals surface area contributed by atoms with Gasteiger partial charge in [0.1, 0.15) is 23.2 Å². The molecule has 0 spiro atoms. The number of rotatable bonds is 5. The molecule has 0 aliphatic rings. The van der Waals surface area contributed by atoms with Crippen LogP contribution in [0.15, 0.2) is 58.5 Å². The molecule has 1 N–H and O–H groups in total. The molecule has 2 aromatic carbocycles. The second kappa shape index (κ2) is 9.36. The Kier molecular flexibility index (Phi) is 6.76. The van der Waals surface area contributed by atoms with Crippen LogP contribution in [0.2, 0.25) is 10.0 Å². The standard InChI is InChI=1S/C21H10Cl2F3N3O4/c22-17-5-1-12(8-16(17)21(24,25)26)28-20(30)11(10-27)7-14-3-6-19(33-14)15-4-2-13(29(31)32)9-18(15)23/h1-9H,(H,28,30)/b11-7+. The Balaban J connectivity index is 1.84. The predicted molar refractivity (Wildman–Crippen MR) is 114 cm³/mol. The number of amides is 1. The summed E-state index contributed by atoms with van der Waals surface area (Å²) in [5.41, 5.74) is -1.68. The number of benzene rings is 2. The summed E-state index contributed by atoms with van der Waals surface area (Å²) in [5, 5.41) is 21.8. The summed E-state index contributed by atoms with van der Waals surface area (Å²) in [6.07, 6.45) is -3.64. The first-order chi connectivity index (χ1) is 15.5. The number of nitrogens with zero attached hydrogens (tertiary/aromatic N) is 2. The van der Waals surface area contributed by atoms with Crippen molar-refractivity contribution in [2.75, 3.05) is 5.32 Å². The fourth-order valence-corrected chi connectivity index (χ4v) is 3.19. The van der Waals surface area contributed by atoms with Gasteiger partial charge in [-0.05, 0) is 36.4 Å². The number of nitro groups is 1. The van der Waals surface area contributed by atoms with Gasteiger partial charge >= 0.3 is 6.18 Å². The van der Waals surface area contributed by atoms with Crippen molar-refractivity contribution >= 4 is 46.6 Å². The molecule has 0 fully saturated rings. The normalized spacial score (nSPS) is 11.7. The van der Waals surface area contributed by atoms with Crippen LogP contribution >= 0.6 is 23.2 Å². The molecule has 0 aliphatic heterocycles. The molecule has 3 aromatic rings. The third-order valence-electron chi connectivity index (χ3n) is 4.24. The summed E-state index contributed by atoms with van der Waals surface area (Å²) < 4.78 is 44.5. The SMILES string of the molecule is N#C/C(=C\c1ccc(-c2ccc([N+](=O)[O-])cc2Cl)o1)C(=O)Nc1ccc(Cl)c(C(F)(F)F)c1. The third kappa shape index (κ3) is 5.52. The van der Waals surface area contributed by atoms with Crippen LogP contribution in [0.1, 0.15) is 11.3 Å². The van der Waals surface area contributed by atoms with Crippen LogP contribution < -0.4 is 5.32 Å². The molecule has 0 saturated heterocycles. The monoisotopic (exact) mass is 495 g/mol. The highest BCUT2D eigenvalue weighted by Gasteiger charge is 2.33. The summed E-state index contributed by atoms with van der Waals surface area (Å²) >= 11 is 11.6. The van der Waals surface area contributed by atoms with E-state index in [-0.39, 0.29) is 27.9 Å². The topological polar surface area (TPSA) is 109 Å². The molecule has 33 heavy (non-hydrogen) atoms. The van der Waals surface area contributed by atoms with Crippen molar-refractivity contribution in [3.8, 4) is 17.4 Å². The van der Waals surface area contributed by atoms with Crippen LogP contribution in [0.5, 0.6) is 0 Å². The number of carbonyl (C=O) groups excluding carboxylic acids is 1. The van der Waals surface area contributed by atoms with Gasteiger partial charge in [0.25, 0.3) is 11.6 Å². The van der Waals surface area contributed by atoms with Crippen LogP contribution in [0.3, 0.4) is 0 Å². The van der Waals surface area contributed by atoms with Crippen molar-refractivity contribution < 1.29 is 27.3 Å². The largest absolute Gasteiger partial charge is 0.457 e. The lowest BCUT2D eigenvalue weighted by molar-refractivity contribution is -0.384. The zero-order chi connectivity index (χ0) is 24.3. The number of alkyl halides is 3. The van der Waals surface area contributed by atoms with E-state index >= 15 is 0 Å². The molecular formula is C21H10Cl2F3N3O4. The van der Waals surface area contributed by atoms with Crippen molar-refractivity contribution in [1.29, 1.82) is 5.26 Å². The van der Waals surface area contributed by atoms with E-state index in [9.17, 15) is 33.3 Å². The van der Waals surface area contributed by atoms with Crippen molar-refractivity contribution in [1.82, 2.24) is 0 Å². The highest BCUT2D eigenvalue weighted by atomic mass is 35.5. The van der Waals surface area contributed by atoms with Crippen molar-refractivity contribution in [2.45, 2.75) is 6.18 Å². The van der Waals surface area contributed by atoms with E-state index in [1.807, 2.05) is 0 Å². The Hall–Kier alpha value is -3.81. The average Bonchev–Trinajstić information content (AvgIpc) is 3.20. The molecule has 0 atom stereocenters. The van der Waals surface area contributed by atoms with Gasteiger partial charge in [-0.15, -0.1) is 0 Å². The third-order valence-corrected chi connectivity index (χ3v) is 4.88. The van der Waals surface area contributed by atoms with Gasteiger partial charge in [-0.3, -0.25) is 14.9 Å². The highest BCUT2D eigenvalue weighted by molar-refractivity contribution is 6.33. The van der Waals surface area contributed by atoms with Gasteiger partial charge < -0.3 is 9.73 Å². The minimum Gasteiger partial charge on any atom is -0.457 e. The maximum absolute atomic E-state index is 13.0. The molecule has 1 aromatic heterocycles. The number of hydrogen-bond acceptors (Lipinski definition) is 5. The molecule has 168 valence electrons. The fraction of sp³-hybridized carbons (Fsp3) is 0.0476. The van der Waals surface area contributed by atoms with Gasteiger partial charge in [-0.2, -0.15) is 18.4 Å². The van der Waals surface area contributed by atoms with E-state index < -0.39 is 33.2 Å². The Bertz CT molecular complexity index is 1330. The van der Waals surface area contributed by atoms with E-state index in [0.717, 1.165) is 24.3 Å². The van der Waals surface area contributed by atoms with Gasteiger partial charge in [0.2, 0.25) is 0 Å². The number of nitro benzene ring substituents is 1. The van der Waals surface area contributed by atoms with E-state index in [4.69, 9.17) is 27.6 Å². The zero-order valence-electron chi connectivity index (χ0n) is 16.1. The Morgan fingerprint density at radius 1 is 1.12 bits per heavy atom. The van der Waals surface area contributed by atoms with Crippen LogP contribution in [-0.2, 0) is 11.0 Å². The lowest BCUT2D eigenvalue weighted by Gasteiger charge is -2.11. The quantitative estimate of drug-likeness (QED) is 0.182. The number of furan rings is 1. The number of nitriles is 1. The van der Waals surface area contributed by atoms with Gasteiger partial charge in [-0.25, -0.2) is 0 Å². The number of non-ortho nitro benzene ring substituents is 1. The highest BCUT2D eigenvalue weighted by Crippen LogP contribution is 2.36. The first-order valence-corrected chi connectivity index (χ1v) is 9.59. The van der Waals surface area contributed by atoms with Gasteiger partial charge in [0.15, 0.2) is 0 Å². The number of nitrogens with one attached hydrogen (secondary N) is 1. The smallest absolute Gasteiger partial charge is 0.417 e. The van der Waals surface area contributed by atoms with E-state index in [0.29, 0.717) is 11.6 Å². The van der Waals surface area contributed by atoms with Crippen LogP contribution in [0.25, 0.3) is 17.4 Å². The molecular weight excluding hydrogens is 486 g/mol. The molecule has 1 amide bonds. The second-order valence-electron chi connectivity index (χ2n) is 6.44. The zero-order valence-corrected chi connectivity index (χ0v) is 17.6. The van der Waals surface area contributed by atoms with E-state index in [2.05, 4.69) is 5.32 Å². The van der Waals surface area contributed by atoms with Crippen LogP contribution in [0.4, 0.5) is 24.5 Å². The predicted octanol–water partition coefficient (Wildman–Crippen LogP) is 6.73. The summed E-state index contributed by atoms with van der Waals surface area (Å²) in [6.45, 7) is 0. The summed E-state index contributed by atoms with van der Waals surface area (Å²) in [5.74, 6) is -0.691. The van der Waals surface area contributed by atoms with Crippen molar-refractivity contribution in [3.05, 3.63) is 85.6 Å². The second-order valence-corrected chi connectivity index (χ2v) is 7.25. The van der Waals surface area contributed by atoms with Crippen molar-refractivity contribution in [3.63, 3.8) is 0 Å². The molecule has 3 rings (SSSR count). The summed E-state index contributed by atoms with van der Waals surface area (Å²) in [4.78, 5) is 22.6. The van der Waals surface area contributed by atoms with E-state index in [1.54, 1.807) is 6.07 Å². The molecule has 0 bridgehead atoms. The fourth-order valence-electron chi connectivity index (χ4n) is 2.70. The summed E-state index contributed by atoms with van der Waals surface area (Å²) in [7, 11) is 0. The molecule has 7 nitrogen and oxygen atoms in total. The first-order valence-electron chi connectivity index (χ1n) is 8.83. The molecule has 0 unspecified atom stereocenters. The number of hydrogen-bond donors (Lipinski definition) is 1. The molecule has 0 aliphatic carbocycles. The first kappa shape index (κ1) is 23.8.